The van der Waals surface area contributed by atoms with E-state index in [1.54, 1.807) is 0 Å². The molecule has 2 aromatic heterocycles. The largest absolute Gasteiger partial charge is 0.409 e. The molecule has 6 N–H and O–H groups in total. The highest BCUT2D eigenvalue weighted by molar-refractivity contribution is 7.99. The van der Waals surface area contributed by atoms with Crippen LogP contribution in [0.2, 0.25) is 0 Å². The highest BCUT2D eigenvalue weighted by Gasteiger charge is 2.20. The quantitative estimate of drug-likeness (QED) is 0.0896. The Morgan fingerprint density at radius 2 is 2.17 bits per heavy atom. The first-order valence-corrected chi connectivity index (χ1v) is 8.91. The molecule has 0 radical (unpaired) electrons. The summed E-state index contributed by atoms with van der Waals surface area (Å²) in [6.07, 6.45) is -3.00. The summed E-state index contributed by atoms with van der Waals surface area (Å²) in [6.45, 7) is 0.445. The summed E-state index contributed by atoms with van der Waals surface area (Å²) in [5.41, 5.74) is 4.74. The van der Waals surface area contributed by atoms with E-state index in [-0.39, 0.29) is 28.2 Å². The number of alkyl halides is 2. The van der Waals surface area contributed by atoms with Gasteiger partial charge in [0.1, 0.15) is 5.82 Å². The molecule has 0 saturated carbocycles. The maximum atomic E-state index is 13.4. The molecule has 0 spiro atoms. The lowest BCUT2D eigenvalue weighted by molar-refractivity contribution is 0.146. The minimum absolute atomic E-state index is 0.0457. The van der Waals surface area contributed by atoms with Gasteiger partial charge in [-0.1, -0.05) is 16.9 Å². The van der Waals surface area contributed by atoms with Crippen molar-refractivity contribution in [1.82, 2.24) is 25.5 Å². The highest BCUT2D eigenvalue weighted by atomic mass is 32.2. The van der Waals surface area contributed by atoms with Crippen molar-refractivity contribution in [2.45, 2.75) is 11.5 Å². The van der Waals surface area contributed by atoms with Gasteiger partial charge in [-0.2, -0.15) is 0 Å². The lowest BCUT2D eigenvalue weighted by atomic mass is 10.2. The number of hydrogen-bond acceptors (Lipinski definition) is 10. The van der Waals surface area contributed by atoms with Crippen LogP contribution in [-0.2, 0) is 0 Å². The maximum absolute atomic E-state index is 13.4. The number of aromatic amines is 1. The lowest BCUT2D eigenvalue weighted by Crippen LogP contribution is -2.16. The van der Waals surface area contributed by atoms with Crippen molar-refractivity contribution in [3.8, 4) is 0 Å². The van der Waals surface area contributed by atoms with Gasteiger partial charge in [-0.15, -0.1) is 10.2 Å². The molecule has 0 amide bonds. The van der Waals surface area contributed by atoms with Crippen LogP contribution in [0.25, 0.3) is 0 Å². The first kappa shape index (κ1) is 20.2. The normalized spacial score (nSPS) is 11.8. The van der Waals surface area contributed by atoms with Crippen molar-refractivity contribution in [3.05, 3.63) is 35.3 Å². The van der Waals surface area contributed by atoms with E-state index in [2.05, 4.69) is 45.9 Å². The molecule has 0 fully saturated rings. The van der Waals surface area contributed by atoms with Gasteiger partial charge in [-0.25, -0.2) is 17.8 Å². The fourth-order valence-corrected chi connectivity index (χ4v) is 2.90. The van der Waals surface area contributed by atoms with Crippen LogP contribution in [0.15, 0.2) is 33.0 Å². The maximum Gasteiger partial charge on any atom is 0.266 e. The van der Waals surface area contributed by atoms with Gasteiger partial charge < -0.3 is 21.6 Å². The van der Waals surface area contributed by atoms with Crippen LogP contribution >= 0.6 is 11.8 Å². The van der Waals surface area contributed by atoms with Gasteiger partial charge in [0.2, 0.25) is 17.7 Å². The van der Waals surface area contributed by atoms with Crippen LogP contribution in [0.5, 0.6) is 0 Å². The molecule has 11 nitrogen and oxygen atoms in total. The van der Waals surface area contributed by atoms with Crippen LogP contribution in [0.3, 0.4) is 0 Å². The van der Waals surface area contributed by atoms with Crippen LogP contribution in [0, 0.1) is 5.82 Å². The fraction of sp³-hybridized carbons (Fsp3) is 0.214. The third-order valence-corrected chi connectivity index (χ3v) is 4.36. The third-order valence-electron chi connectivity index (χ3n) is 3.41. The van der Waals surface area contributed by atoms with E-state index >= 15 is 0 Å². The number of nitrogens with zero attached hydrogens (tertiary/aromatic N) is 5. The first-order valence-electron chi connectivity index (χ1n) is 7.92. The standard InChI is InChI=1S/C14H14F3N9O2S/c15-8-2-1-6(5-7(8)10(16)17)20-11(24-27)9-12(26-28-25-9)29-4-3-19-14-21-13(18)22-23-14/h1-2,5,10,27H,3-4H2,(H,20,24)(H4,18,19,21,22,23). The number of amidine groups is 1. The minimum Gasteiger partial charge on any atom is -0.409 e. The second-order valence-electron chi connectivity index (χ2n) is 5.36. The number of H-pyrrole nitrogens is 1. The van der Waals surface area contributed by atoms with Crippen LogP contribution in [-0.4, -0.2) is 48.8 Å². The van der Waals surface area contributed by atoms with E-state index in [0.717, 1.165) is 12.1 Å². The molecule has 0 unspecified atom stereocenters. The van der Waals surface area contributed by atoms with Crippen molar-refractivity contribution in [1.29, 1.82) is 0 Å². The molecule has 0 bridgehead atoms. The summed E-state index contributed by atoms with van der Waals surface area (Å²) >= 11 is 1.21. The predicted octanol–water partition coefficient (Wildman–Crippen LogP) is 2.30. The number of nitrogens with two attached hydrogens (primary N) is 1. The summed E-state index contributed by atoms with van der Waals surface area (Å²) in [7, 11) is 0. The predicted molar refractivity (Wildman–Crippen MR) is 97.6 cm³/mol. The number of halogens is 3. The average Bonchev–Trinajstić information content (AvgIpc) is 3.33. The number of aromatic nitrogens is 5. The Bertz CT molecular complexity index is 994. The van der Waals surface area contributed by atoms with Crippen LogP contribution in [0.1, 0.15) is 17.7 Å². The number of anilines is 3. The molecule has 0 aliphatic rings. The third kappa shape index (κ3) is 5.07. The minimum atomic E-state index is -3.00. The van der Waals surface area contributed by atoms with Crippen molar-refractivity contribution < 1.29 is 23.0 Å². The number of nitrogen functional groups attached to an aromatic ring is 1. The van der Waals surface area contributed by atoms with E-state index in [1.807, 2.05) is 0 Å². The molecule has 154 valence electrons. The highest BCUT2D eigenvalue weighted by Crippen LogP contribution is 2.26. The zero-order chi connectivity index (χ0) is 20.8. The number of hydrogen-bond donors (Lipinski definition) is 5. The summed E-state index contributed by atoms with van der Waals surface area (Å²) < 4.78 is 43.8. The topological polar surface area (TPSA) is 163 Å². The number of oxime groups is 1. The SMILES string of the molecule is Nc1nnc(NCCSc2nonc2/C(=N/O)Nc2ccc(F)c(C(F)F)c2)[nH]1. The van der Waals surface area contributed by atoms with E-state index in [0.29, 0.717) is 18.2 Å². The van der Waals surface area contributed by atoms with Gasteiger partial charge >= 0.3 is 0 Å². The molecule has 2 heterocycles. The lowest BCUT2D eigenvalue weighted by Gasteiger charge is -2.09. The Balaban J connectivity index is 1.63. The summed E-state index contributed by atoms with van der Waals surface area (Å²) in [5.74, 6) is -0.210. The molecular weight excluding hydrogens is 415 g/mol. The second kappa shape index (κ2) is 9.13. The Labute approximate surface area is 164 Å². The van der Waals surface area contributed by atoms with Crippen molar-refractivity contribution in [2.75, 3.05) is 28.7 Å². The van der Waals surface area contributed by atoms with Gasteiger partial charge in [-0.05, 0) is 28.5 Å². The number of benzene rings is 1. The van der Waals surface area contributed by atoms with E-state index in [4.69, 9.17) is 5.73 Å². The molecule has 0 atom stereocenters. The van der Waals surface area contributed by atoms with Crippen LogP contribution < -0.4 is 16.4 Å². The summed E-state index contributed by atoms with van der Waals surface area (Å²) in [5, 5.41) is 32.9. The Hall–Kier alpha value is -3.49. The Morgan fingerprint density at radius 1 is 1.34 bits per heavy atom. The molecule has 0 aliphatic heterocycles. The second-order valence-corrected chi connectivity index (χ2v) is 6.45. The monoisotopic (exact) mass is 429 g/mol. The van der Waals surface area contributed by atoms with Crippen molar-refractivity contribution in [2.24, 2.45) is 5.16 Å². The molecule has 0 saturated heterocycles. The number of nitrogens with one attached hydrogen (secondary N) is 3. The zero-order valence-corrected chi connectivity index (χ0v) is 15.3. The molecule has 3 rings (SSSR count). The summed E-state index contributed by atoms with van der Waals surface area (Å²) in [4.78, 5) is 2.70. The van der Waals surface area contributed by atoms with Gasteiger partial charge in [0.05, 0.1) is 5.56 Å². The van der Waals surface area contributed by atoms with Crippen molar-refractivity contribution >= 4 is 35.2 Å². The van der Waals surface area contributed by atoms with E-state index in [9.17, 15) is 18.4 Å². The van der Waals surface area contributed by atoms with E-state index < -0.39 is 17.8 Å². The van der Waals surface area contributed by atoms with Gasteiger partial charge in [0.25, 0.3) is 6.43 Å². The molecule has 29 heavy (non-hydrogen) atoms. The first-order chi connectivity index (χ1) is 14.0. The molecule has 1 aromatic carbocycles. The molecule has 15 heteroatoms. The smallest absolute Gasteiger partial charge is 0.266 e. The Morgan fingerprint density at radius 3 is 2.86 bits per heavy atom. The average molecular weight is 429 g/mol. The fourth-order valence-electron chi connectivity index (χ4n) is 2.15. The summed E-state index contributed by atoms with van der Waals surface area (Å²) in [6, 6.07) is 2.98. The van der Waals surface area contributed by atoms with Gasteiger partial charge in [0, 0.05) is 18.0 Å². The molecule has 3 aromatic rings. The molecular formula is C14H14F3N9O2S. The van der Waals surface area contributed by atoms with E-state index in [1.165, 1.54) is 17.8 Å². The number of thioether (sulfide) groups is 1. The molecule has 0 aliphatic carbocycles. The number of rotatable bonds is 8. The van der Waals surface area contributed by atoms with Gasteiger partial charge in [0.15, 0.2) is 10.7 Å². The van der Waals surface area contributed by atoms with Crippen LogP contribution in [0.4, 0.5) is 30.8 Å². The zero-order valence-electron chi connectivity index (χ0n) is 14.4. The Kier molecular flexibility index (Phi) is 6.38. The van der Waals surface area contributed by atoms with Gasteiger partial charge in [-0.3, -0.25) is 4.98 Å². The van der Waals surface area contributed by atoms with Crippen molar-refractivity contribution in [3.63, 3.8) is 0 Å².